The lowest BCUT2D eigenvalue weighted by Crippen LogP contribution is -2.28. The van der Waals surface area contributed by atoms with E-state index < -0.39 is 10.0 Å². The van der Waals surface area contributed by atoms with Gasteiger partial charge in [0.1, 0.15) is 5.82 Å². The third kappa shape index (κ3) is 3.13. The first kappa shape index (κ1) is 16.1. The number of aromatic nitrogens is 1. The van der Waals surface area contributed by atoms with Gasteiger partial charge in [-0.3, -0.25) is 19.2 Å². The van der Waals surface area contributed by atoms with Crippen LogP contribution in [0.5, 0.6) is 0 Å². The van der Waals surface area contributed by atoms with Gasteiger partial charge in [-0.05, 0) is 42.8 Å². The van der Waals surface area contributed by atoms with Gasteiger partial charge in [-0.15, -0.1) is 0 Å². The molecule has 1 aromatic heterocycles. The van der Waals surface area contributed by atoms with Gasteiger partial charge in [0, 0.05) is 19.0 Å². The summed E-state index contributed by atoms with van der Waals surface area (Å²) in [6, 6.07) is 8.91. The van der Waals surface area contributed by atoms with Crippen LogP contribution in [0.15, 0.2) is 47.5 Å². The Labute approximate surface area is 139 Å². The van der Waals surface area contributed by atoms with Crippen LogP contribution in [-0.4, -0.2) is 25.2 Å². The van der Waals surface area contributed by atoms with Crippen LogP contribution in [0.2, 0.25) is 0 Å². The molecule has 7 nitrogen and oxygen atoms in total. The minimum atomic E-state index is -3.79. The molecule has 0 atom stereocenters. The van der Waals surface area contributed by atoms with Crippen molar-refractivity contribution in [3.63, 3.8) is 0 Å². The molecule has 1 fully saturated rings. The Balaban J connectivity index is 1.83. The minimum Gasteiger partial charge on any atom is -0.274 e. The second kappa shape index (κ2) is 6.04. The molecule has 3 rings (SSSR count). The molecule has 1 saturated heterocycles. The molecule has 2 aromatic rings. The smallest absolute Gasteiger partial charge is 0.263 e. The average molecular weight is 345 g/mol. The number of hydrogen-bond donors (Lipinski definition) is 1. The number of sulfonamides is 1. The van der Waals surface area contributed by atoms with E-state index >= 15 is 0 Å². The topological polar surface area (TPSA) is 96.4 Å². The van der Waals surface area contributed by atoms with Crippen LogP contribution in [0, 0.1) is 6.92 Å². The van der Waals surface area contributed by atoms with Crippen molar-refractivity contribution in [2.75, 3.05) is 9.62 Å². The summed E-state index contributed by atoms with van der Waals surface area (Å²) in [7, 11) is -3.79. The van der Waals surface area contributed by atoms with E-state index in [1.165, 1.54) is 24.3 Å². The number of imide groups is 1. The number of nitrogens with zero attached hydrogens (tertiary/aromatic N) is 2. The van der Waals surface area contributed by atoms with E-state index in [2.05, 4.69) is 9.71 Å². The molecule has 1 aliphatic rings. The molecule has 2 heterocycles. The molecule has 1 N–H and O–H groups in total. The van der Waals surface area contributed by atoms with Crippen LogP contribution in [0.3, 0.4) is 0 Å². The fraction of sp³-hybridized carbons (Fsp3) is 0.188. The Kier molecular flexibility index (Phi) is 4.06. The zero-order chi connectivity index (χ0) is 17.3. The highest BCUT2D eigenvalue weighted by atomic mass is 32.2. The number of pyridine rings is 1. The SMILES string of the molecule is Cc1ccc(NS(=O)(=O)c2ccc(N3C(=O)CCC3=O)cc2)nc1. The van der Waals surface area contributed by atoms with Gasteiger partial charge in [-0.2, -0.15) is 0 Å². The first-order valence-electron chi connectivity index (χ1n) is 7.28. The number of rotatable bonds is 4. The standard InChI is InChI=1S/C16H15N3O4S/c1-11-2-7-14(17-10-11)18-24(22,23)13-5-3-12(4-6-13)19-15(20)8-9-16(19)21/h2-7,10H,8-9H2,1H3,(H,17,18). The second-order valence-corrected chi connectivity index (χ2v) is 7.13. The van der Waals surface area contributed by atoms with Gasteiger partial charge in [-0.25, -0.2) is 13.4 Å². The first-order valence-corrected chi connectivity index (χ1v) is 8.76. The Morgan fingerprint density at radius 3 is 2.17 bits per heavy atom. The number of aryl methyl sites for hydroxylation is 1. The maximum absolute atomic E-state index is 12.3. The summed E-state index contributed by atoms with van der Waals surface area (Å²) in [5.74, 6) is -0.343. The van der Waals surface area contributed by atoms with Gasteiger partial charge < -0.3 is 0 Å². The molecule has 24 heavy (non-hydrogen) atoms. The molecule has 124 valence electrons. The monoisotopic (exact) mass is 345 g/mol. The quantitative estimate of drug-likeness (QED) is 0.853. The van der Waals surface area contributed by atoms with Gasteiger partial charge in [0.25, 0.3) is 10.0 Å². The van der Waals surface area contributed by atoms with Gasteiger partial charge >= 0.3 is 0 Å². The summed E-state index contributed by atoms with van der Waals surface area (Å²) >= 11 is 0. The lowest BCUT2D eigenvalue weighted by atomic mass is 10.3. The van der Waals surface area contributed by atoms with Crippen LogP contribution in [0.1, 0.15) is 18.4 Å². The molecule has 0 radical (unpaired) electrons. The number of carbonyl (C=O) groups is 2. The van der Waals surface area contributed by atoms with Crippen LogP contribution < -0.4 is 9.62 Å². The summed E-state index contributed by atoms with van der Waals surface area (Å²) in [4.78, 5) is 28.5. The van der Waals surface area contributed by atoms with E-state index in [1.54, 1.807) is 18.3 Å². The van der Waals surface area contributed by atoms with Gasteiger partial charge in [0.2, 0.25) is 11.8 Å². The van der Waals surface area contributed by atoms with Crippen molar-refractivity contribution in [2.45, 2.75) is 24.7 Å². The van der Waals surface area contributed by atoms with Gasteiger partial charge in [-0.1, -0.05) is 6.07 Å². The summed E-state index contributed by atoms with van der Waals surface area (Å²) < 4.78 is 27.1. The van der Waals surface area contributed by atoms with Crippen molar-refractivity contribution in [1.29, 1.82) is 0 Å². The predicted molar refractivity (Wildman–Crippen MR) is 88.0 cm³/mol. The molecule has 0 spiro atoms. The zero-order valence-corrected chi connectivity index (χ0v) is 13.7. The number of anilines is 2. The minimum absolute atomic E-state index is 0.0210. The number of nitrogens with one attached hydrogen (secondary N) is 1. The van der Waals surface area contributed by atoms with Crippen LogP contribution in [0.4, 0.5) is 11.5 Å². The van der Waals surface area contributed by atoms with Crippen molar-refractivity contribution >= 4 is 33.3 Å². The van der Waals surface area contributed by atoms with Crippen LogP contribution in [0.25, 0.3) is 0 Å². The summed E-state index contributed by atoms with van der Waals surface area (Å²) in [6.45, 7) is 1.85. The third-order valence-electron chi connectivity index (χ3n) is 3.61. The first-order chi connectivity index (χ1) is 11.4. The number of amides is 2. The van der Waals surface area contributed by atoms with E-state index in [1.807, 2.05) is 6.92 Å². The van der Waals surface area contributed by atoms with E-state index in [0.29, 0.717) is 5.69 Å². The summed E-state index contributed by atoms with van der Waals surface area (Å²) in [5, 5.41) is 0. The largest absolute Gasteiger partial charge is 0.274 e. The van der Waals surface area contributed by atoms with E-state index in [9.17, 15) is 18.0 Å². The summed E-state index contributed by atoms with van der Waals surface area (Å²) in [5.41, 5.74) is 1.29. The number of hydrogen-bond acceptors (Lipinski definition) is 5. The highest BCUT2D eigenvalue weighted by molar-refractivity contribution is 7.92. The van der Waals surface area contributed by atoms with E-state index in [-0.39, 0.29) is 35.4 Å². The second-order valence-electron chi connectivity index (χ2n) is 5.44. The maximum atomic E-state index is 12.3. The van der Waals surface area contributed by atoms with Gasteiger partial charge in [0.15, 0.2) is 0 Å². The molecule has 0 bridgehead atoms. The molecule has 0 aliphatic carbocycles. The maximum Gasteiger partial charge on any atom is 0.263 e. The Bertz CT molecular complexity index is 874. The Morgan fingerprint density at radius 2 is 1.62 bits per heavy atom. The molecule has 2 amide bonds. The van der Waals surface area contributed by atoms with Crippen molar-refractivity contribution in [1.82, 2.24) is 4.98 Å². The Morgan fingerprint density at radius 1 is 1.00 bits per heavy atom. The van der Waals surface area contributed by atoms with Crippen molar-refractivity contribution in [3.05, 3.63) is 48.2 Å². The lowest BCUT2D eigenvalue weighted by Gasteiger charge is -2.14. The van der Waals surface area contributed by atoms with E-state index in [0.717, 1.165) is 10.5 Å². The molecule has 0 unspecified atom stereocenters. The average Bonchev–Trinajstić information content (AvgIpc) is 2.88. The fourth-order valence-corrected chi connectivity index (χ4v) is 3.37. The molecule has 1 aromatic carbocycles. The van der Waals surface area contributed by atoms with Gasteiger partial charge in [0.05, 0.1) is 10.6 Å². The highest BCUT2D eigenvalue weighted by Gasteiger charge is 2.30. The van der Waals surface area contributed by atoms with Crippen molar-refractivity contribution in [3.8, 4) is 0 Å². The third-order valence-corrected chi connectivity index (χ3v) is 4.98. The highest BCUT2D eigenvalue weighted by Crippen LogP contribution is 2.24. The van der Waals surface area contributed by atoms with Crippen molar-refractivity contribution in [2.24, 2.45) is 0 Å². The fourth-order valence-electron chi connectivity index (χ4n) is 2.36. The molecular formula is C16H15N3O4S. The molecular weight excluding hydrogens is 330 g/mol. The molecule has 1 aliphatic heterocycles. The normalized spacial score (nSPS) is 15.0. The molecule has 8 heteroatoms. The number of carbonyl (C=O) groups excluding carboxylic acids is 2. The summed E-state index contributed by atoms with van der Waals surface area (Å²) in [6.07, 6.45) is 1.92. The van der Waals surface area contributed by atoms with Crippen LogP contribution in [-0.2, 0) is 19.6 Å². The lowest BCUT2D eigenvalue weighted by molar-refractivity contribution is -0.121. The zero-order valence-electron chi connectivity index (χ0n) is 12.9. The molecule has 0 saturated carbocycles. The van der Waals surface area contributed by atoms with E-state index in [4.69, 9.17) is 0 Å². The van der Waals surface area contributed by atoms with Crippen molar-refractivity contribution < 1.29 is 18.0 Å². The van der Waals surface area contributed by atoms with Crippen LogP contribution >= 0.6 is 0 Å². The predicted octanol–water partition coefficient (Wildman–Crippen LogP) is 1.84. The number of benzene rings is 1. The Hall–Kier alpha value is -2.74.